The second-order valence-corrected chi connectivity index (χ2v) is 6.60. The zero-order valence-corrected chi connectivity index (χ0v) is 13.6. The highest BCUT2D eigenvalue weighted by molar-refractivity contribution is 6.60. The van der Waals surface area contributed by atoms with Gasteiger partial charge in [-0.25, -0.2) is 0 Å². The highest BCUT2D eigenvalue weighted by Crippen LogP contribution is 2.18. The topological polar surface area (TPSA) is 79.2 Å². The van der Waals surface area contributed by atoms with E-state index >= 15 is 0 Å². The molecule has 0 saturated heterocycles. The van der Waals surface area contributed by atoms with Crippen LogP contribution in [0, 0.1) is 11.3 Å². The molecule has 0 rings (SSSR count). The van der Waals surface area contributed by atoms with Crippen LogP contribution in [0.4, 0.5) is 0 Å². The SMILES string of the molecule is COCCO[Si](CCC#N)(OCCOC)OCCOC. The molecule has 0 fully saturated rings. The first-order valence-corrected chi connectivity index (χ1v) is 8.43. The van der Waals surface area contributed by atoms with E-state index in [2.05, 4.69) is 6.07 Å². The number of hydrogen-bond acceptors (Lipinski definition) is 7. The van der Waals surface area contributed by atoms with Crippen LogP contribution >= 0.6 is 0 Å². The normalized spacial score (nSPS) is 11.5. The van der Waals surface area contributed by atoms with Gasteiger partial charge >= 0.3 is 8.80 Å². The Morgan fingerprint density at radius 1 is 0.750 bits per heavy atom. The van der Waals surface area contributed by atoms with Gasteiger partial charge in [-0.2, -0.15) is 5.26 Å². The Kier molecular flexibility index (Phi) is 13.1. The summed E-state index contributed by atoms with van der Waals surface area (Å²) in [5.74, 6) is 0. The zero-order chi connectivity index (χ0) is 15.1. The van der Waals surface area contributed by atoms with Crippen LogP contribution in [0.15, 0.2) is 0 Å². The van der Waals surface area contributed by atoms with E-state index in [9.17, 15) is 0 Å². The van der Waals surface area contributed by atoms with Crippen molar-refractivity contribution in [3.63, 3.8) is 0 Å². The van der Waals surface area contributed by atoms with Crippen molar-refractivity contribution in [2.45, 2.75) is 12.5 Å². The lowest BCUT2D eigenvalue weighted by molar-refractivity contribution is 0.0148. The molecule has 0 atom stereocenters. The first-order valence-electron chi connectivity index (χ1n) is 6.50. The molecule has 0 bridgehead atoms. The summed E-state index contributed by atoms with van der Waals surface area (Å²) in [6, 6.07) is 2.54. The Balaban J connectivity index is 4.53. The number of methoxy groups -OCH3 is 3. The largest absolute Gasteiger partial charge is 0.502 e. The van der Waals surface area contributed by atoms with Crippen molar-refractivity contribution in [3.8, 4) is 6.07 Å². The lowest BCUT2D eigenvalue weighted by Crippen LogP contribution is -2.47. The van der Waals surface area contributed by atoms with Gasteiger partial charge in [0.15, 0.2) is 0 Å². The fourth-order valence-corrected chi connectivity index (χ4v) is 3.68. The van der Waals surface area contributed by atoms with Gasteiger partial charge in [-0.15, -0.1) is 0 Å². The van der Waals surface area contributed by atoms with Gasteiger partial charge in [-0.3, -0.25) is 0 Å². The molecule has 0 amide bonds. The van der Waals surface area contributed by atoms with Crippen LogP contribution in [0.1, 0.15) is 6.42 Å². The van der Waals surface area contributed by atoms with E-state index in [-0.39, 0.29) is 0 Å². The van der Waals surface area contributed by atoms with Gasteiger partial charge in [-0.05, 0) is 0 Å². The first-order chi connectivity index (χ1) is 9.74. The van der Waals surface area contributed by atoms with Crippen molar-refractivity contribution >= 4 is 8.80 Å². The second kappa shape index (κ2) is 13.4. The summed E-state index contributed by atoms with van der Waals surface area (Å²) >= 11 is 0. The van der Waals surface area contributed by atoms with Crippen LogP contribution in [0.5, 0.6) is 0 Å². The number of rotatable bonds is 14. The smallest absolute Gasteiger partial charge is 0.382 e. The Hall–Kier alpha value is -0.533. The molecular formula is C12H25NO6Si. The van der Waals surface area contributed by atoms with Crippen molar-refractivity contribution in [2.24, 2.45) is 0 Å². The van der Waals surface area contributed by atoms with Crippen LogP contribution in [0.3, 0.4) is 0 Å². The maximum atomic E-state index is 8.78. The summed E-state index contributed by atoms with van der Waals surface area (Å²) < 4.78 is 32.2. The molecule has 0 saturated carbocycles. The summed E-state index contributed by atoms with van der Waals surface area (Å²) in [7, 11) is 1.90. The van der Waals surface area contributed by atoms with Gasteiger partial charge in [0.2, 0.25) is 0 Å². The van der Waals surface area contributed by atoms with E-state index < -0.39 is 8.80 Å². The fourth-order valence-electron chi connectivity index (χ4n) is 1.39. The molecule has 0 aromatic carbocycles. The second-order valence-electron chi connectivity index (χ2n) is 3.86. The zero-order valence-electron chi connectivity index (χ0n) is 12.6. The van der Waals surface area contributed by atoms with Gasteiger partial charge in [0.25, 0.3) is 0 Å². The van der Waals surface area contributed by atoms with E-state index in [1.54, 1.807) is 21.3 Å². The van der Waals surface area contributed by atoms with Gasteiger partial charge < -0.3 is 27.5 Å². The van der Waals surface area contributed by atoms with Crippen LogP contribution in [0.25, 0.3) is 0 Å². The maximum Gasteiger partial charge on any atom is 0.502 e. The molecule has 20 heavy (non-hydrogen) atoms. The lowest BCUT2D eigenvalue weighted by Gasteiger charge is -2.29. The number of ether oxygens (including phenoxy) is 3. The molecule has 0 aromatic rings. The molecule has 118 valence electrons. The Bertz CT molecular complexity index is 234. The highest BCUT2D eigenvalue weighted by Gasteiger charge is 2.40. The molecule has 0 aliphatic heterocycles. The Morgan fingerprint density at radius 2 is 1.15 bits per heavy atom. The number of nitriles is 1. The molecular weight excluding hydrogens is 282 g/mol. The minimum atomic E-state index is -2.89. The summed E-state index contributed by atoms with van der Waals surface area (Å²) in [6.07, 6.45) is 0.319. The van der Waals surface area contributed by atoms with Crippen molar-refractivity contribution in [3.05, 3.63) is 0 Å². The van der Waals surface area contributed by atoms with Crippen molar-refractivity contribution in [1.29, 1.82) is 5.26 Å². The summed E-state index contributed by atoms with van der Waals surface area (Å²) in [5, 5.41) is 8.78. The van der Waals surface area contributed by atoms with E-state index in [1.165, 1.54) is 0 Å². The van der Waals surface area contributed by atoms with Crippen molar-refractivity contribution in [1.82, 2.24) is 0 Å². The first kappa shape index (κ1) is 19.5. The molecule has 0 aliphatic rings. The van der Waals surface area contributed by atoms with Crippen LogP contribution in [0.2, 0.25) is 6.04 Å². The predicted octanol–water partition coefficient (Wildman–Crippen LogP) is 0.828. The molecule has 0 aliphatic carbocycles. The maximum absolute atomic E-state index is 8.78. The predicted molar refractivity (Wildman–Crippen MR) is 74.3 cm³/mol. The molecule has 0 aromatic heterocycles. The fraction of sp³-hybridized carbons (Fsp3) is 0.917. The average molecular weight is 307 g/mol. The van der Waals surface area contributed by atoms with Crippen LogP contribution in [-0.2, 0) is 27.5 Å². The van der Waals surface area contributed by atoms with Crippen LogP contribution < -0.4 is 0 Å². The van der Waals surface area contributed by atoms with E-state index in [1.807, 2.05) is 0 Å². The van der Waals surface area contributed by atoms with Gasteiger partial charge in [0.05, 0.1) is 45.7 Å². The Labute approximate surface area is 122 Å². The molecule has 0 N–H and O–H groups in total. The lowest BCUT2D eigenvalue weighted by atomic mass is 10.6. The third-order valence-corrected chi connectivity index (χ3v) is 5.17. The molecule has 0 spiro atoms. The number of hydrogen-bond donors (Lipinski definition) is 0. The quantitative estimate of drug-likeness (QED) is 0.347. The summed E-state index contributed by atoms with van der Waals surface area (Å²) in [4.78, 5) is 0. The standard InChI is InChI=1S/C12H25NO6Si/c1-14-6-9-17-20(12-4-5-13,18-10-7-15-2)19-11-8-16-3/h4,6-12H2,1-3H3. The van der Waals surface area contributed by atoms with Gasteiger partial charge in [0, 0.05) is 33.8 Å². The molecule has 0 radical (unpaired) electrons. The minimum absolute atomic E-state index is 0.319. The molecule has 0 heterocycles. The Morgan fingerprint density at radius 3 is 1.45 bits per heavy atom. The molecule has 8 heteroatoms. The summed E-state index contributed by atoms with van der Waals surface area (Å²) in [5.41, 5.74) is 0. The van der Waals surface area contributed by atoms with Crippen LogP contribution in [-0.4, -0.2) is 69.8 Å². The monoisotopic (exact) mass is 307 g/mol. The molecule has 7 nitrogen and oxygen atoms in total. The highest BCUT2D eigenvalue weighted by atomic mass is 28.4. The van der Waals surface area contributed by atoms with Gasteiger partial charge in [-0.1, -0.05) is 0 Å². The average Bonchev–Trinajstić information content (AvgIpc) is 2.46. The van der Waals surface area contributed by atoms with Crippen molar-refractivity contribution < 1.29 is 27.5 Å². The van der Waals surface area contributed by atoms with Crippen molar-refractivity contribution in [2.75, 3.05) is 61.0 Å². The number of nitrogens with zero attached hydrogens (tertiary/aromatic N) is 1. The van der Waals surface area contributed by atoms with E-state index in [0.717, 1.165) is 0 Å². The molecule has 0 unspecified atom stereocenters. The van der Waals surface area contributed by atoms with Gasteiger partial charge in [0.1, 0.15) is 0 Å². The minimum Gasteiger partial charge on any atom is -0.382 e. The third kappa shape index (κ3) is 9.38. The third-order valence-electron chi connectivity index (χ3n) is 2.37. The summed E-state index contributed by atoms with van der Waals surface area (Å²) in [6.45, 7) is 2.45. The van der Waals surface area contributed by atoms with E-state index in [4.69, 9.17) is 32.8 Å². The van der Waals surface area contributed by atoms with E-state index in [0.29, 0.717) is 52.1 Å².